The predicted molar refractivity (Wildman–Crippen MR) is 102 cm³/mol. The van der Waals surface area contributed by atoms with E-state index in [1.54, 1.807) is 25.1 Å². The van der Waals surface area contributed by atoms with Crippen molar-refractivity contribution >= 4 is 22.8 Å². The zero-order valence-corrected chi connectivity index (χ0v) is 15.2. The molecule has 0 bridgehead atoms. The number of para-hydroxylation sites is 1. The van der Waals surface area contributed by atoms with E-state index >= 15 is 0 Å². The summed E-state index contributed by atoms with van der Waals surface area (Å²) in [4.78, 5) is 37.0. The van der Waals surface area contributed by atoms with Crippen LogP contribution in [0.4, 0.5) is 0 Å². The first-order chi connectivity index (χ1) is 12.9. The first kappa shape index (κ1) is 18.4. The van der Waals surface area contributed by atoms with Crippen LogP contribution < -0.4 is 10.7 Å². The summed E-state index contributed by atoms with van der Waals surface area (Å²) in [7, 11) is 1.25. The number of methoxy groups -OCH3 is 1. The Morgan fingerprint density at radius 2 is 1.78 bits per heavy atom. The molecule has 1 N–H and O–H groups in total. The third-order valence-corrected chi connectivity index (χ3v) is 4.33. The molecule has 0 radical (unpaired) electrons. The number of amides is 1. The Morgan fingerprint density at radius 1 is 1.07 bits per heavy atom. The van der Waals surface area contributed by atoms with E-state index in [0.29, 0.717) is 16.7 Å². The molecular formula is C21H19NO5. The lowest BCUT2D eigenvalue weighted by Gasteiger charge is -2.13. The molecule has 2 aromatic carbocycles. The summed E-state index contributed by atoms with van der Waals surface area (Å²) in [6, 6.07) is 13.2. The van der Waals surface area contributed by atoms with Crippen LogP contribution in [0.2, 0.25) is 0 Å². The van der Waals surface area contributed by atoms with Crippen LogP contribution >= 0.6 is 0 Å². The van der Waals surface area contributed by atoms with Crippen molar-refractivity contribution < 1.29 is 18.7 Å². The summed E-state index contributed by atoms with van der Waals surface area (Å²) in [5, 5.41) is 2.87. The topological polar surface area (TPSA) is 85.6 Å². The molecule has 138 valence electrons. The predicted octanol–water partition coefficient (Wildman–Crippen LogP) is 3.06. The van der Waals surface area contributed by atoms with Crippen LogP contribution in [-0.4, -0.2) is 25.0 Å². The van der Waals surface area contributed by atoms with Gasteiger partial charge >= 0.3 is 5.97 Å². The van der Waals surface area contributed by atoms with Gasteiger partial charge in [-0.1, -0.05) is 36.4 Å². The van der Waals surface area contributed by atoms with E-state index < -0.39 is 17.9 Å². The number of fused-ring (bicyclic) bond motifs is 1. The molecule has 6 heteroatoms. The number of esters is 1. The molecule has 1 aromatic heterocycles. The van der Waals surface area contributed by atoms with Crippen molar-refractivity contribution in [2.24, 2.45) is 0 Å². The summed E-state index contributed by atoms with van der Waals surface area (Å²) >= 11 is 0. The second kappa shape index (κ2) is 7.45. The lowest BCUT2D eigenvalue weighted by molar-refractivity contribution is -0.142. The first-order valence-corrected chi connectivity index (χ1v) is 8.44. The van der Waals surface area contributed by atoms with E-state index in [2.05, 4.69) is 10.1 Å². The van der Waals surface area contributed by atoms with Crippen LogP contribution in [-0.2, 0) is 9.53 Å². The average Bonchev–Trinajstić information content (AvgIpc) is 2.70. The first-order valence-electron chi connectivity index (χ1n) is 8.44. The Morgan fingerprint density at radius 3 is 2.44 bits per heavy atom. The lowest BCUT2D eigenvalue weighted by Crippen LogP contribution is -2.39. The van der Waals surface area contributed by atoms with Gasteiger partial charge < -0.3 is 14.5 Å². The van der Waals surface area contributed by atoms with Crippen molar-refractivity contribution in [3.05, 3.63) is 69.9 Å². The second-order valence-electron chi connectivity index (χ2n) is 6.15. The number of rotatable bonds is 4. The van der Waals surface area contributed by atoms with Gasteiger partial charge in [-0.15, -0.1) is 0 Å². The Balaban J connectivity index is 2.15. The van der Waals surface area contributed by atoms with Crippen LogP contribution in [0.25, 0.3) is 22.3 Å². The molecule has 1 atom stereocenters. The Kier molecular flexibility index (Phi) is 5.07. The molecule has 1 heterocycles. The molecule has 0 aliphatic carbocycles. The highest BCUT2D eigenvalue weighted by atomic mass is 16.5. The zero-order valence-electron chi connectivity index (χ0n) is 15.2. The number of hydrogen-bond donors (Lipinski definition) is 1. The minimum absolute atomic E-state index is 0.178. The minimum Gasteiger partial charge on any atom is -0.467 e. The van der Waals surface area contributed by atoms with Crippen molar-refractivity contribution in [3.8, 4) is 11.3 Å². The number of nitrogens with one attached hydrogen (secondary N) is 1. The summed E-state index contributed by atoms with van der Waals surface area (Å²) in [6.07, 6.45) is 0. The zero-order chi connectivity index (χ0) is 19.6. The van der Waals surface area contributed by atoms with Gasteiger partial charge in [-0.3, -0.25) is 9.59 Å². The number of carbonyl (C=O) groups is 2. The fourth-order valence-electron chi connectivity index (χ4n) is 2.86. The molecule has 0 aliphatic rings. The highest BCUT2D eigenvalue weighted by Gasteiger charge is 2.21. The van der Waals surface area contributed by atoms with Gasteiger partial charge in [0, 0.05) is 11.1 Å². The molecule has 0 fully saturated rings. The maximum atomic E-state index is 12.8. The molecule has 1 unspecified atom stereocenters. The van der Waals surface area contributed by atoms with Crippen molar-refractivity contribution in [2.45, 2.75) is 19.9 Å². The van der Waals surface area contributed by atoms with Gasteiger partial charge in [0.15, 0.2) is 11.0 Å². The minimum atomic E-state index is -0.830. The van der Waals surface area contributed by atoms with Crippen LogP contribution in [0.3, 0.4) is 0 Å². The molecule has 0 saturated carbocycles. The van der Waals surface area contributed by atoms with E-state index in [0.717, 1.165) is 5.56 Å². The monoisotopic (exact) mass is 365 g/mol. The van der Waals surface area contributed by atoms with E-state index in [9.17, 15) is 14.4 Å². The third kappa shape index (κ3) is 3.46. The molecule has 0 aliphatic heterocycles. The van der Waals surface area contributed by atoms with E-state index in [-0.39, 0.29) is 16.6 Å². The number of carbonyl (C=O) groups excluding carboxylic acids is 2. The number of ether oxygens (including phenoxy) is 1. The molecule has 27 heavy (non-hydrogen) atoms. The Bertz CT molecular complexity index is 1070. The average molecular weight is 365 g/mol. The fourth-order valence-corrected chi connectivity index (χ4v) is 2.86. The largest absolute Gasteiger partial charge is 0.467 e. The van der Waals surface area contributed by atoms with Gasteiger partial charge in [-0.25, -0.2) is 4.79 Å². The van der Waals surface area contributed by atoms with Crippen molar-refractivity contribution in [1.82, 2.24) is 5.32 Å². The molecule has 0 saturated heterocycles. The van der Waals surface area contributed by atoms with Gasteiger partial charge in [0.1, 0.15) is 11.8 Å². The van der Waals surface area contributed by atoms with Gasteiger partial charge in [0.05, 0.1) is 18.1 Å². The molecule has 3 rings (SSSR count). The Labute approximate surface area is 155 Å². The van der Waals surface area contributed by atoms with E-state index in [4.69, 9.17) is 4.42 Å². The molecule has 1 amide bonds. The molecule has 0 spiro atoms. The number of hydrogen-bond acceptors (Lipinski definition) is 5. The maximum absolute atomic E-state index is 12.8. The fraction of sp³-hybridized carbons (Fsp3) is 0.190. The van der Waals surface area contributed by atoms with Crippen molar-refractivity contribution in [2.75, 3.05) is 7.11 Å². The van der Waals surface area contributed by atoms with E-state index in [1.165, 1.54) is 14.0 Å². The second-order valence-corrected chi connectivity index (χ2v) is 6.15. The Hall–Kier alpha value is -3.41. The highest BCUT2D eigenvalue weighted by Crippen LogP contribution is 2.27. The van der Waals surface area contributed by atoms with Crippen molar-refractivity contribution in [3.63, 3.8) is 0 Å². The van der Waals surface area contributed by atoms with Crippen LogP contribution in [0.5, 0.6) is 0 Å². The standard InChI is InChI=1S/C21H19NO5/c1-12-17(23)15-10-7-11-16(20(24)22-13(2)21(25)26-3)19(15)27-18(12)14-8-5-4-6-9-14/h4-11,13H,1-3H3,(H,22,24). The summed E-state index contributed by atoms with van der Waals surface area (Å²) in [6.45, 7) is 3.21. The quantitative estimate of drug-likeness (QED) is 0.718. The van der Waals surface area contributed by atoms with Crippen LogP contribution in [0.1, 0.15) is 22.8 Å². The van der Waals surface area contributed by atoms with Gasteiger partial charge in [-0.2, -0.15) is 0 Å². The highest BCUT2D eigenvalue weighted by molar-refractivity contribution is 6.06. The van der Waals surface area contributed by atoms with E-state index in [1.807, 2.05) is 30.3 Å². The third-order valence-electron chi connectivity index (χ3n) is 4.33. The maximum Gasteiger partial charge on any atom is 0.328 e. The lowest BCUT2D eigenvalue weighted by atomic mass is 10.0. The normalized spacial score (nSPS) is 11.8. The van der Waals surface area contributed by atoms with Gasteiger partial charge in [-0.05, 0) is 26.0 Å². The van der Waals surface area contributed by atoms with Gasteiger partial charge in [0.25, 0.3) is 5.91 Å². The molecular weight excluding hydrogens is 346 g/mol. The molecule has 3 aromatic rings. The summed E-state index contributed by atoms with van der Waals surface area (Å²) in [5.41, 5.74) is 1.37. The molecule has 6 nitrogen and oxygen atoms in total. The van der Waals surface area contributed by atoms with Crippen LogP contribution in [0, 0.1) is 6.92 Å². The van der Waals surface area contributed by atoms with Gasteiger partial charge in [0.2, 0.25) is 0 Å². The SMILES string of the molecule is COC(=O)C(C)NC(=O)c1cccc2c(=O)c(C)c(-c3ccccc3)oc12. The summed E-state index contributed by atoms with van der Waals surface area (Å²) in [5.74, 6) is -0.676. The van der Waals surface area contributed by atoms with Crippen molar-refractivity contribution in [1.29, 1.82) is 0 Å². The van der Waals surface area contributed by atoms with Crippen LogP contribution in [0.15, 0.2) is 57.7 Å². The summed E-state index contributed by atoms with van der Waals surface area (Å²) < 4.78 is 10.6. The number of benzene rings is 2. The smallest absolute Gasteiger partial charge is 0.328 e.